The first-order valence-electron chi connectivity index (χ1n) is 6.24. The summed E-state index contributed by atoms with van der Waals surface area (Å²) in [5.41, 5.74) is 0. The number of methoxy groups -OCH3 is 4. The van der Waals surface area contributed by atoms with Crippen LogP contribution in [0.5, 0.6) is 0 Å². The Bertz CT molecular complexity index is 246. The van der Waals surface area contributed by atoms with Gasteiger partial charge in [-0.05, 0) is 12.8 Å². The summed E-state index contributed by atoms with van der Waals surface area (Å²) in [5.74, 6) is 0. The van der Waals surface area contributed by atoms with Gasteiger partial charge in [0.25, 0.3) is 0 Å². The van der Waals surface area contributed by atoms with Gasteiger partial charge < -0.3 is 9.47 Å². The number of rotatable bonds is 7. The predicted molar refractivity (Wildman–Crippen MR) is 67.5 cm³/mol. The van der Waals surface area contributed by atoms with Crippen molar-refractivity contribution in [3.63, 3.8) is 0 Å². The molecule has 0 saturated carbocycles. The molecule has 18 heavy (non-hydrogen) atoms. The molecule has 1 saturated heterocycles. The second-order valence-electron chi connectivity index (χ2n) is 4.97. The molecule has 6 nitrogen and oxygen atoms in total. The van der Waals surface area contributed by atoms with Crippen molar-refractivity contribution in [3.05, 3.63) is 0 Å². The molecule has 1 aliphatic rings. The largest absolute Gasteiger partial charge is 0.393 e. The molecule has 0 N–H and O–H groups in total. The Kier molecular flexibility index (Phi) is 5.51. The number of quaternary nitrogens is 1. The maximum atomic E-state index is 5.74. The van der Waals surface area contributed by atoms with Gasteiger partial charge >= 0.3 is 12.4 Å². The summed E-state index contributed by atoms with van der Waals surface area (Å²) in [5, 5.41) is 0. The minimum absolute atomic E-state index is 0.285. The first-order chi connectivity index (χ1) is 8.50. The molecular formula is C12H27N2O4+. The summed E-state index contributed by atoms with van der Waals surface area (Å²) >= 11 is 0. The van der Waals surface area contributed by atoms with Crippen LogP contribution in [-0.4, -0.2) is 77.5 Å². The molecule has 1 aliphatic heterocycles. The van der Waals surface area contributed by atoms with Gasteiger partial charge in [0.15, 0.2) is 0 Å². The van der Waals surface area contributed by atoms with Gasteiger partial charge in [-0.15, -0.1) is 0 Å². The van der Waals surface area contributed by atoms with Gasteiger partial charge in [0.1, 0.15) is 0 Å². The highest BCUT2D eigenvalue weighted by Gasteiger charge is 2.57. The molecule has 1 fully saturated rings. The van der Waals surface area contributed by atoms with E-state index in [9.17, 15) is 0 Å². The fourth-order valence-corrected chi connectivity index (χ4v) is 2.93. The second-order valence-corrected chi connectivity index (χ2v) is 4.97. The van der Waals surface area contributed by atoms with Crippen LogP contribution in [0.25, 0.3) is 0 Å². The van der Waals surface area contributed by atoms with Gasteiger partial charge in [-0.1, -0.05) is 0 Å². The van der Waals surface area contributed by atoms with E-state index in [-0.39, 0.29) is 4.48 Å². The molecular weight excluding hydrogens is 236 g/mol. The molecule has 0 atom stereocenters. The van der Waals surface area contributed by atoms with Crippen molar-refractivity contribution in [1.82, 2.24) is 4.90 Å². The molecule has 0 spiro atoms. The smallest absolute Gasteiger partial charge is 0.309 e. The van der Waals surface area contributed by atoms with Crippen molar-refractivity contribution < 1.29 is 23.4 Å². The van der Waals surface area contributed by atoms with E-state index >= 15 is 0 Å². The Labute approximate surface area is 110 Å². The van der Waals surface area contributed by atoms with E-state index in [1.807, 2.05) is 14.1 Å². The average Bonchev–Trinajstić information content (AvgIpc) is 2.86. The maximum Gasteiger partial charge on any atom is 0.393 e. The highest BCUT2D eigenvalue weighted by atomic mass is 16.8. The summed E-state index contributed by atoms with van der Waals surface area (Å²) in [6.07, 6.45) is 1.84. The maximum absolute atomic E-state index is 5.74. The first kappa shape index (κ1) is 15.8. The molecule has 0 unspecified atom stereocenters. The molecule has 108 valence electrons. The summed E-state index contributed by atoms with van der Waals surface area (Å²) in [4.78, 5) is 2.19. The molecule has 0 aromatic rings. The highest BCUT2D eigenvalue weighted by Crippen LogP contribution is 2.33. The fourth-order valence-electron chi connectivity index (χ4n) is 2.93. The Morgan fingerprint density at radius 1 is 0.944 bits per heavy atom. The molecule has 6 heteroatoms. The van der Waals surface area contributed by atoms with Gasteiger partial charge in [-0.25, -0.2) is 4.48 Å². The van der Waals surface area contributed by atoms with Gasteiger partial charge in [-0.3, -0.25) is 9.47 Å². The van der Waals surface area contributed by atoms with Crippen molar-refractivity contribution in [3.8, 4) is 0 Å². The number of hydrogen-bond acceptors (Lipinski definition) is 5. The lowest BCUT2D eigenvalue weighted by Gasteiger charge is -2.50. The summed E-state index contributed by atoms with van der Waals surface area (Å²) in [7, 11) is 10.5. The third-order valence-corrected chi connectivity index (χ3v) is 3.70. The zero-order valence-corrected chi connectivity index (χ0v) is 12.4. The summed E-state index contributed by atoms with van der Waals surface area (Å²) in [6.45, 7) is 1.90. The highest BCUT2D eigenvalue weighted by molar-refractivity contribution is 4.71. The predicted octanol–water partition coefficient (Wildman–Crippen LogP) is 0.639. The van der Waals surface area contributed by atoms with Gasteiger partial charge in [0.2, 0.25) is 0 Å². The molecule has 0 aromatic carbocycles. The van der Waals surface area contributed by atoms with Crippen molar-refractivity contribution in [2.45, 2.75) is 25.3 Å². The lowest BCUT2D eigenvalue weighted by molar-refractivity contribution is -1.06. The molecule has 0 bridgehead atoms. The van der Waals surface area contributed by atoms with Crippen LogP contribution in [0.2, 0.25) is 0 Å². The molecule has 0 amide bonds. The average molecular weight is 263 g/mol. The topological polar surface area (TPSA) is 40.2 Å². The monoisotopic (exact) mass is 263 g/mol. The van der Waals surface area contributed by atoms with Crippen molar-refractivity contribution in [1.29, 1.82) is 0 Å². The van der Waals surface area contributed by atoms with Gasteiger partial charge in [0, 0.05) is 41.5 Å². The third kappa shape index (κ3) is 2.41. The van der Waals surface area contributed by atoms with Gasteiger partial charge in [-0.2, -0.15) is 4.90 Å². The van der Waals surface area contributed by atoms with E-state index in [1.165, 1.54) is 0 Å². The van der Waals surface area contributed by atoms with E-state index < -0.39 is 12.4 Å². The number of hydrogen-bond donors (Lipinski definition) is 0. The van der Waals surface area contributed by atoms with Crippen LogP contribution in [0.4, 0.5) is 0 Å². The van der Waals surface area contributed by atoms with Crippen LogP contribution in [-0.2, 0) is 18.9 Å². The van der Waals surface area contributed by atoms with Crippen molar-refractivity contribution in [2.75, 3.05) is 55.6 Å². The fraction of sp³-hybridized carbons (Fsp3) is 1.00. The molecule has 0 aromatic heterocycles. The van der Waals surface area contributed by atoms with Gasteiger partial charge in [0.05, 0.1) is 14.1 Å². The minimum Gasteiger partial charge on any atom is -0.309 e. The van der Waals surface area contributed by atoms with E-state index in [2.05, 4.69) is 4.90 Å². The molecule has 1 heterocycles. The van der Waals surface area contributed by atoms with Crippen LogP contribution in [0, 0.1) is 0 Å². The van der Waals surface area contributed by atoms with Crippen LogP contribution in [0.1, 0.15) is 12.8 Å². The number of ether oxygens (including phenoxy) is 4. The van der Waals surface area contributed by atoms with Crippen molar-refractivity contribution >= 4 is 0 Å². The standard InChI is InChI=1S/C12H27N2O4/c1-14(2,11(15-3)16-4)12(17-5,18-6)13-9-7-8-10-13/h11H,7-10H2,1-6H3/q+1. The second kappa shape index (κ2) is 6.27. The summed E-state index contributed by atoms with van der Waals surface area (Å²) < 4.78 is 22.6. The summed E-state index contributed by atoms with van der Waals surface area (Å²) in [6, 6.07) is -0.896. The Hall–Kier alpha value is -0.240. The lowest BCUT2D eigenvalue weighted by atomic mass is 10.4. The van der Waals surface area contributed by atoms with E-state index in [0.717, 1.165) is 25.9 Å². The Morgan fingerprint density at radius 2 is 1.39 bits per heavy atom. The van der Waals surface area contributed by atoms with E-state index in [4.69, 9.17) is 18.9 Å². The van der Waals surface area contributed by atoms with Crippen LogP contribution < -0.4 is 0 Å². The quantitative estimate of drug-likeness (QED) is 0.498. The van der Waals surface area contributed by atoms with Crippen LogP contribution >= 0.6 is 0 Å². The Morgan fingerprint density at radius 3 is 1.72 bits per heavy atom. The molecule has 1 rings (SSSR count). The third-order valence-electron chi connectivity index (χ3n) is 3.70. The van der Waals surface area contributed by atoms with Crippen LogP contribution in [0.3, 0.4) is 0 Å². The molecule has 0 radical (unpaired) electrons. The minimum atomic E-state index is -0.896. The SMILES string of the molecule is COC(OC)[N+](C)(C)C(OC)(OC)N1CCCC1. The Balaban J connectivity index is 3.07. The van der Waals surface area contributed by atoms with E-state index in [1.54, 1.807) is 28.4 Å². The first-order valence-corrected chi connectivity index (χ1v) is 6.24. The molecule has 0 aliphatic carbocycles. The normalized spacial score (nSPS) is 18.8. The lowest BCUT2D eigenvalue weighted by Crippen LogP contribution is -2.73. The zero-order valence-electron chi connectivity index (χ0n) is 12.4. The number of nitrogens with zero attached hydrogens (tertiary/aromatic N) is 2. The van der Waals surface area contributed by atoms with Crippen LogP contribution in [0.15, 0.2) is 0 Å². The van der Waals surface area contributed by atoms with Crippen molar-refractivity contribution in [2.24, 2.45) is 0 Å². The van der Waals surface area contributed by atoms with E-state index in [0.29, 0.717) is 0 Å². The number of likely N-dealkylation sites (tertiary alicyclic amines) is 1. The zero-order chi connectivity index (χ0) is 13.8.